The maximum absolute atomic E-state index is 11.9. The van der Waals surface area contributed by atoms with Crippen LogP contribution in [0.2, 0.25) is 0 Å². The number of nitrogens with zero attached hydrogens (tertiary/aromatic N) is 3. The van der Waals surface area contributed by atoms with Gasteiger partial charge in [-0.2, -0.15) is 0 Å². The number of piperidine rings is 1. The van der Waals surface area contributed by atoms with Gasteiger partial charge in [0, 0.05) is 31.5 Å². The second-order valence-electron chi connectivity index (χ2n) is 6.92. The van der Waals surface area contributed by atoms with Crippen LogP contribution in [0.3, 0.4) is 0 Å². The number of ether oxygens (including phenoxy) is 2. The second kappa shape index (κ2) is 8.13. The third-order valence-electron chi connectivity index (χ3n) is 3.57. The van der Waals surface area contributed by atoms with Gasteiger partial charge in [-0.25, -0.2) is 19.6 Å². The number of esters is 1. The van der Waals surface area contributed by atoms with Crippen LogP contribution in [0.1, 0.15) is 50.9 Å². The molecule has 1 saturated heterocycles. The molecule has 1 amide bonds. The number of nitrogens with one attached hydrogen (secondary N) is 1. The summed E-state index contributed by atoms with van der Waals surface area (Å²) in [6.45, 7) is 8.95. The quantitative estimate of drug-likeness (QED) is 0.832. The van der Waals surface area contributed by atoms with Gasteiger partial charge in [-0.3, -0.25) is 0 Å². The van der Waals surface area contributed by atoms with E-state index in [1.54, 1.807) is 6.92 Å². The predicted octanol–water partition coefficient (Wildman–Crippen LogP) is 2.15. The number of alkyl carbamates (subject to hydrolysis) is 1. The van der Waals surface area contributed by atoms with E-state index in [-0.39, 0.29) is 6.04 Å². The minimum Gasteiger partial charge on any atom is -0.462 e. The van der Waals surface area contributed by atoms with Crippen LogP contribution in [-0.2, 0) is 9.47 Å². The van der Waals surface area contributed by atoms with Gasteiger partial charge in [-0.15, -0.1) is 0 Å². The molecule has 0 spiro atoms. The van der Waals surface area contributed by atoms with Crippen LogP contribution in [-0.4, -0.2) is 53.4 Å². The molecule has 8 nitrogen and oxygen atoms in total. The highest BCUT2D eigenvalue weighted by atomic mass is 16.6. The Morgan fingerprint density at radius 2 is 2.00 bits per heavy atom. The molecule has 1 aromatic rings. The van der Waals surface area contributed by atoms with Crippen molar-refractivity contribution in [3.8, 4) is 0 Å². The topological polar surface area (TPSA) is 93.7 Å². The number of anilines is 1. The summed E-state index contributed by atoms with van der Waals surface area (Å²) in [5, 5.41) is 2.89. The minimum atomic E-state index is -0.523. The highest BCUT2D eigenvalue weighted by molar-refractivity contribution is 5.88. The summed E-state index contributed by atoms with van der Waals surface area (Å²) >= 11 is 0. The molecule has 8 heteroatoms. The molecule has 0 aromatic carbocycles. The van der Waals surface area contributed by atoms with Crippen molar-refractivity contribution in [1.29, 1.82) is 0 Å². The molecule has 138 valence electrons. The summed E-state index contributed by atoms with van der Waals surface area (Å²) in [5.74, 6) is 0.0981. The molecule has 0 aliphatic carbocycles. The molecule has 2 rings (SSSR count). The summed E-state index contributed by atoms with van der Waals surface area (Å²) in [6.07, 6.45) is 4.29. The molecule has 25 heavy (non-hydrogen) atoms. The van der Waals surface area contributed by atoms with Gasteiger partial charge in [0.1, 0.15) is 5.60 Å². The number of carbonyl (C=O) groups excluding carboxylic acids is 2. The van der Waals surface area contributed by atoms with Gasteiger partial charge < -0.3 is 19.7 Å². The van der Waals surface area contributed by atoms with E-state index in [1.807, 2.05) is 25.7 Å². The zero-order valence-corrected chi connectivity index (χ0v) is 15.2. The Labute approximate surface area is 147 Å². The van der Waals surface area contributed by atoms with E-state index < -0.39 is 17.7 Å². The fraction of sp³-hybridized carbons (Fsp3) is 0.647. The average Bonchev–Trinajstić information content (AvgIpc) is 2.53. The standard InChI is InChI=1S/C17H26N4O4/c1-5-24-14(22)12-9-18-15(19-10-12)21-8-6-7-13(11-21)20-16(23)25-17(2,3)4/h9-10,13H,5-8,11H2,1-4H3,(H,20,23)/t13-/m1/s1. The van der Waals surface area contributed by atoms with Gasteiger partial charge in [0.05, 0.1) is 12.2 Å². The molecule has 0 radical (unpaired) electrons. The lowest BCUT2D eigenvalue weighted by molar-refractivity contribution is 0.0495. The molecule has 1 atom stereocenters. The van der Waals surface area contributed by atoms with Crippen molar-refractivity contribution in [2.24, 2.45) is 0 Å². The van der Waals surface area contributed by atoms with Crippen molar-refractivity contribution in [2.45, 2.75) is 52.2 Å². The van der Waals surface area contributed by atoms with E-state index in [2.05, 4.69) is 15.3 Å². The minimum absolute atomic E-state index is 0.0306. The summed E-state index contributed by atoms with van der Waals surface area (Å²) in [4.78, 5) is 34.0. The van der Waals surface area contributed by atoms with E-state index in [0.29, 0.717) is 24.7 Å². The van der Waals surface area contributed by atoms with Crippen LogP contribution >= 0.6 is 0 Å². The van der Waals surface area contributed by atoms with Gasteiger partial charge in [-0.05, 0) is 40.5 Å². The van der Waals surface area contributed by atoms with Gasteiger partial charge in [0.15, 0.2) is 0 Å². The van der Waals surface area contributed by atoms with E-state index in [9.17, 15) is 9.59 Å². The number of amides is 1. The first-order valence-corrected chi connectivity index (χ1v) is 8.52. The van der Waals surface area contributed by atoms with Gasteiger partial charge >= 0.3 is 12.1 Å². The number of aromatic nitrogens is 2. The Morgan fingerprint density at radius 1 is 1.32 bits per heavy atom. The normalized spacial score (nSPS) is 17.8. The number of carbonyl (C=O) groups is 2. The first-order valence-electron chi connectivity index (χ1n) is 8.52. The number of hydrogen-bond acceptors (Lipinski definition) is 7. The number of hydrogen-bond donors (Lipinski definition) is 1. The van der Waals surface area contributed by atoms with Crippen LogP contribution in [0.25, 0.3) is 0 Å². The molecule has 0 bridgehead atoms. The fourth-order valence-corrected chi connectivity index (χ4v) is 2.56. The molecule has 1 aromatic heterocycles. The van der Waals surface area contributed by atoms with Gasteiger partial charge in [-0.1, -0.05) is 0 Å². The molecule has 0 saturated carbocycles. The third-order valence-corrected chi connectivity index (χ3v) is 3.57. The SMILES string of the molecule is CCOC(=O)c1cnc(N2CCC[C@@H](NC(=O)OC(C)(C)C)C2)nc1. The molecule has 0 unspecified atom stereocenters. The summed E-state index contributed by atoms with van der Waals surface area (Å²) < 4.78 is 10.2. The fourth-order valence-electron chi connectivity index (χ4n) is 2.56. The van der Waals surface area contributed by atoms with Crippen LogP contribution in [0, 0.1) is 0 Å². The number of rotatable bonds is 4. The van der Waals surface area contributed by atoms with Crippen molar-refractivity contribution in [1.82, 2.24) is 15.3 Å². The summed E-state index contributed by atoms with van der Waals surface area (Å²) in [7, 11) is 0. The third kappa shape index (κ3) is 5.88. The van der Waals surface area contributed by atoms with Crippen molar-refractivity contribution in [3.63, 3.8) is 0 Å². The maximum Gasteiger partial charge on any atom is 0.407 e. The summed E-state index contributed by atoms with van der Waals surface area (Å²) in [6, 6.07) is -0.0306. The Hall–Kier alpha value is -2.38. The zero-order chi connectivity index (χ0) is 18.4. The lowest BCUT2D eigenvalue weighted by atomic mass is 10.1. The van der Waals surface area contributed by atoms with Gasteiger partial charge in [0.25, 0.3) is 0 Å². The molecule has 1 fully saturated rings. The van der Waals surface area contributed by atoms with E-state index in [1.165, 1.54) is 12.4 Å². The van der Waals surface area contributed by atoms with Crippen LogP contribution in [0.4, 0.5) is 10.7 Å². The lowest BCUT2D eigenvalue weighted by Crippen LogP contribution is -2.49. The van der Waals surface area contributed by atoms with E-state index in [0.717, 1.165) is 19.4 Å². The average molecular weight is 350 g/mol. The highest BCUT2D eigenvalue weighted by Gasteiger charge is 2.25. The molecule has 1 aliphatic heterocycles. The Bertz CT molecular complexity index is 598. The largest absolute Gasteiger partial charge is 0.462 e. The molecular weight excluding hydrogens is 324 g/mol. The zero-order valence-electron chi connectivity index (χ0n) is 15.2. The van der Waals surface area contributed by atoms with Crippen LogP contribution in [0.15, 0.2) is 12.4 Å². The van der Waals surface area contributed by atoms with E-state index in [4.69, 9.17) is 9.47 Å². The smallest absolute Gasteiger partial charge is 0.407 e. The molecule has 1 aliphatic rings. The Morgan fingerprint density at radius 3 is 2.60 bits per heavy atom. The Kier molecular flexibility index (Phi) is 6.17. The lowest BCUT2D eigenvalue weighted by Gasteiger charge is -2.33. The monoisotopic (exact) mass is 350 g/mol. The van der Waals surface area contributed by atoms with Crippen molar-refractivity contribution in [3.05, 3.63) is 18.0 Å². The maximum atomic E-state index is 11.9. The van der Waals surface area contributed by atoms with Crippen LogP contribution in [0.5, 0.6) is 0 Å². The molecule has 1 N–H and O–H groups in total. The van der Waals surface area contributed by atoms with Crippen LogP contribution < -0.4 is 10.2 Å². The predicted molar refractivity (Wildman–Crippen MR) is 92.6 cm³/mol. The first-order chi connectivity index (χ1) is 11.8. The summed E-state index contributed by atoms with van der Waals surface area (Å²) in [5.41, 5.74) is -0.198. The molecule has 2 heterocycles. The highest BCUT2D eigenvalue weighted by Crippen LogP contribution is 2.17. The van der Waals surface area contributed by atoms with Gasteiger partial charge in [0.2, 0.25) is 5.95 Å². The Balaban J connectivity index is 1.94. The molecular formula is C17H26N4O4. The van der Waals surface area contributed by atoms with E-state index >= 15 is 0 Å². The first kappa shape index (κ1) is 19.0. The van der Waals surface area contributed by atoms with Crippen molar-refractivity contribution >= 4 is 18.0 Å². The van der Waals surface area contributed by atoms with Crippen molar-refractivity contribution < 1.29 is 19.1 Å². The second-order valence-corrected chi connectivity index (χ2v) is 6.92. The van der Waals surface area contributed by atoms with Crippen molar-refractivity contribution in [2.75, 3.05) is 24.6 Å².